The molecule has 0 unspecified atom stereocenters. The van der Waals surface area contributed by atoms with Gasteiger partial charge in [0.15, 0.2) is 0 Å². The standard InChI is InChI=1S/C21H23N3O5S/c1-13-7-16(10-20(26)22(13)2)29-17-11-23(12-17)30(27,28)18-8-14-3-4-19(25)24-6-5-15(9-18)21(14)24/h7-10,17H,3-6,11-12H2,1-2H3. The van der Waals surface area contributed by atoms with Crippen molar-refractivity contribution in [2.45, 2.75) is 37.2 Å². The fraction of sp³-hybridized carbons (Fsp3) is 0.429. The lowest BCUT2D eigenvalue weighted by Gasteiger charge is -2.38. The van der Waals surface area contributed by atoms with Crippen LogP contribution >= 0.6 is 0 Å². The number of sulfonamides is 1. The number of hydrogen-bond acceptors (Lipinski definition) is 5. The normalized spacial score (nSPS) is 19.0. The Morgan fingerprint density at radius 1 is 1.00 bits per heavy atom. The van der Waals surface area contributed by atoms with Crippen molar-refractivity contribution in [2.75, 3.05) is 24.5 Å². The molecule has 1 aromatic heterocycles. The van der Waals surface area contributed by atoms with Crippen molar-refractivity contribution in [3.8, 4) is 5.75 Å². The molecule has 0 N–H and O–H groups in total. The first-order chi connectivity index (χ1) is 14.2. The minimum atomic E-state index is -3.63. The van der Waals surface area contributed by atoms with Crippen molar-refractivity contribution in [1.29, 1.82) is 0 Å². The second-order valence-corrected chi connectivity index (χ2v) is 10.1. The molecule has 158 valence electrons. The summed E-state index contributed by atoms with van der Waals surface area (Å²) < 4.78 is 35.0. The Morgan fingerprint density at radius 3 is 2.40 bits per heavy atom. The molecular weight excluding hydrogens is 406 g/mol. The van der Waals surface area contributed by atoms with Crippen molar-refractivity contribution < 1.29 is 17.9 Å². The molecule has 1 amide bonds. The number of aromatic nitrogens is 1. The van der Waals surface area contributed by atoms with E-state index in [1.54, 1.807) is 30.1 Å². The summed E-state index contributed by atoms with van der Waals surface area (Å²) in [6, 6.07) is 6.63. The van der Waals surface area contributed by atoms with Crippen LogP contribution in [0.4, 0.5) is 5.69 Å². The first-order valence-electron chi connectivity index (χ1n) is 10.0. The summed E-state index contributed by atoms with van der Waals surface area (Å²) in [4.78, 5) is 26.1. The van der Waals surface area contributed by atoms with Crippen molar-refractivity contribution in [1.82, 2.24) is 8.87 Å². The fourth-order valence-corrected chi connectivity index (χ4v) is 6.00. The van der Waals surface area contributed by atoms with Gasteiger partial charge in [0, 0.05) is 31.8 Å². The maximum Gasteiger partial charge on any atom is 0.254 e. The average Bonchev–Trinajstić information content (AvgIpc) is 3.10. The molecule has 0 spiro atoms. The van der Waals surface area contributed by atoms with E-state index in [0.29, 0.717) is 31.6 Å². The molecule has 0 atom stereocenters. The number of benzene rings is 1. The molecule has 3 aliphatic heterocycles. The molecule has 8 nitrogen and oxygen atoms in total. The molecule has 4 heterocycles. The molecule has 0 aliphatic carbocycles. The molecule has 0 saturated carbocycles. The second kappa shape index (κ2) is 6.68. The van der Waals surface area contributed by atoms with E-state index >= 15 is 0 Å². The molecule has 1 saturated heterocycles. The fourth-order valence-electron chi connectivity index (χ4n) is 4.39. The van der Waals surface area contributed by atoms with Gasteiger partial charge in [-0.25, -0.2) is 8.42 Å². The highest BCUT2D eigenvalue weighted by molar-refractivity contribution is 7.89. The number of anilines is 1. The lowest BCUT2D eigenvalue weighted by atomic mass is 10.00. The van der Waals surface area contributed by atoms with Crippen LogP contribution in [0.2, 0.25) is 0 Å². The number of carbonyl (C=O) groups is 1. The number of pyridine rings is 1. The van der Waals surface area contributed by atoms with E-state index in [2.05, 4.69) is 0 Å². The second-order valence-electron chi connectivity index (χ2n) is 8.18. The van der Waals surface area contributed by atoms with Gasteiger partial charge in [-0.3, -0.25) is 9.59 Å². The van der Waals surface area contributed by atoms with Gasteiger partial charge in [0.2, 0.25) is 15.9 Å². The van der Waals surface area contributed by atoms with Crippen molar-refractivity contribution in [3.63, 3.8) is 0 Å². The lowest BCUT2D eigenvalue weighted by molar-refractivity contribution is -0.118. The van der Waals surface area contributed by atoms with Gasteiger partial charge in [0.25, 0.3) is 5.56 Å². The highest BCUT2D eigenvalue weighted by atomic mass is 32.2. The monoisotopic (exact) mass is 429 g/mol. The van der Waals surface area contributed by atoms with E-state index in [1.165, 1.54) is 14.9 Å². The number of aryl methyl sites for hydroxylation is 2. The van der Waals surface area contributed by atoms with Crippen LogP contribution in [-0.4, -0.2) is 48.9 Å². The third kappa shape index (κ3) is 2.95. The molecule has 0 radical (unpaired) electrons. The SMILES string of the molecule is Cc1cc(OC2CN(S(=O)(=O)c3cc4c5c(c3)CCN5C(=O)CC4)C2)cc(=O)n1C. The van der Waals surface area contributed by atoms with Crippen LogP contribution in [0.1, 0.15) is 23.2 Å². The minimum Gasteiger partial charge on any atom is -0.487 e. The van der Waals surface area contributed by atoms with E-state index in [1.807, 2.05) is 6.92 Å². The van der Waals surface area contributed by atoms with Crippen molar-refractivity contribution in [3.05, 3.63) is 51.4 Å². The van der Waals surface area contributed by atoms with E-state index in [0.717, 1.165) is 22.5 Å². The van der Waals surface area contributed by atoms with E-state index in [4.69, 9.17) is 4.74 Å². The van der Waals surface area contributed by atoms with E-state index in [9.17, 15) is 18.0 Å². The van der Waals surface area contributed by atoms with Gasteiger partial charge in [-0.1, -0.05) is 0 Å². The first kappa shape index (κ1) is 19.3. The molecule has 1 aromatic carbocycles. The predicted octanol–water partition coefficient (Wildman–Crippen LogP) is 0.981. The average molecular weight is 429 g/mol. The zero-order valence-electron chi connectivity index (χ0n) is 16.9. The van der Waals surface area contributed by atoms with Gasteiger partial charge >= 0.3 is 0 Å². The summed E-state index contributed by atoms with van der Waals surface area (Å²) in [7, 11) is -1.93. The highest BCUT2D eigenvalue weighted by Crippen LogP contribution is 2.39. The Morgan fingerprint density at radius 2 is 1.70 bits per heavy atom. The number of amides is 1. The summed E-state index contributed by atoms with van der Waals surface area (Å²) >= 11 is 0. The van der Waals surface area contributed by atoms with Gasteiger partial charge in [0.1, 0.15) is 11.9 Å². The Hall–Kier alpha value is -2.65. The third-order valence-electron chi connectivity index (χ3n) is 6.26. The Balaban J connectivity index is 1.33. The van der Waals surface area contributed by atoms with Gasteiger partial charge in [-0.2, -0.15) is 4.31 Å². The molecular formula is C21H23N3O5S. The third-order valence-corrected chi connectivity index (χ3v) is 8.07. The van der Waals surface area contributed by atoms with Crippen molar-refractivity contribution in [2.24, 2.45) is 7.05 Å². The molecule has 3 aliphatic rings. The molecule has 9 heteroatoms. The largest absolute Gasteiger partial charge is 0.487 e. The van der Waals surface area contributed by atoms with Gasteiger partial charge in [0.05, 0.1) is 23.7 Å². The predicted molar refractivity (Wildman–Crippen MR) is 110 cm³/mol. The van der Waals surface area contributed by atoms with Gasteiger partial charge < -0.3 is 14.2 Å². The van der Waals surface area contributed by atoms with E-state index < -0.39 is 10.0 Å². The Bertz CT molecular complexity index is 1230. The zero-order chi connectivity index (χ0) is 21.2. The van der Waals surface area contributed by atoms with Crippen LogP contribution in [0.15, 0.2) is 34.0 Å². The Labute approximate surface area is 174 Å². The summed E-state index contributed by atoms with van der Waals surface area (Å²) in [5.41, 5.74) is 3.40. The Kier molecular flexibility index (Phi) is 4.30. The molecule has 2 aromatic rings. The minimum absolute atomic E-state index is 0.116. The smallest absolute Gasteiger partial charge is 0.254 e. The van der Waals surface area contributed by atoms with Crippen molar-refractivity contribution >= 4 is 21.6 Å². The van der Waals surface area contributed by atoms with Crippen LogP contribution in [0.5, 0.6) is 5.75 Å². The van der Waals surface area contributed by atoms with Crippen LogP contribution < -0.4 is 15.2 Å². The van der Waals surface area contributed by atoms with Gasteiger partial charge in [-0.15, -0.1) is 0 Å². The maximum absolute atomic E-state index is 13.1. The quantitative estimate of drug-likeness (QED) is 0.723. The highest BCUT2D eigenvalue weighted by Gasteiger charge is 2.40. The summed E-state index contributed by atoms with van der Waals surface area (Å²) in [6.45, 7) is 2.93. The van der Waals surface area contributed by atoms with Crippen LogP contribution in [0, 0.1) is 6.92 Å². The number of nitrogens with zero attached hydrogens (tertiary/aromatic N) is 3. The summed E-state index contributed by atoms with van der Waals surface area (Å²) in [5, 5.41) is 0. The van der Waals surface area contributed by atoms with Gasteiger partial charge in [-0.05, 0) is 49.1 Å². The van der Waals surface area contributed by atoms with Crippen LogP contribution in [0.25, 0.3) is 0 Å². The first-order valence-corrected chi connectivity index (χ1v) is 11.5. The maximum atomic E-state index is 13.1. The number of carbonyl (C=O) groups excluding carboxylic acids is 1. The van der Waals surface area contributed by atoms with E-state index in [-0.39, 0.29) is 35.6 Å². The summed E-state index contributed by atoms with van der Waals surface area (Å²) in [5.74, 6) is 0.579. The van der Waals surface area contributed by atoms with Crippen LogP contribution in [-0.2, 0) is 34.7 Å². The molecule has 30 heavy (non-hydrogen) atoms. The lowest BCUT2D eigenvalue weighted by Crippen LogP contribution is -2.56. The number of ether oxygens (including phenoxy) is 1. The summed E-state index contributed by atoms with van der Waals surface area (Å²) in [6.07, 6.45) is 1.40. The van der Waals surface area contributed by atoms with Crippen LogP contribution in [0.3, 0.4) is 0 Å². The number of rotatable bonds is 4. The zero-order valence-corrected chi connectivity index (χ0v) is 17.7. The molecule has 0 bridgehead atoms. The number of hydrogen-bond donors (Lipinski definition) is 0. The molecule has 1 fully saturated rings. The molecule has 5 rings (SSSR count). The topological polar surface area (TPSA) is 88.9 Å².